The maximum atomic E-state index is 12.0. The number of nitrogens with one attached hydrogen (secondary N) is 2. The van der Waals surface area contributed by atoms with Crippen LogP contribution in [0.2, 0.25) is 0 Å². The van der Waals surface area contributed by atoms with Crippen LogP contribution in [0.4, 0.5) is 0 Å². The molecule has 3 rings (SSSR count). The van der Waals surface area contributed by atoms with Gasteiger partial charge in [0.05, 0.1) is 5.56 Å². The molecule has 0 saturated heterocycles. The quantitative estimate of drug-likeness (QED) is 0.712. The summed E-state index contributed by atoms with van der Waals surface area (Å²) in [5.74, 6) is 0.280. The van der Waals surface area contributed by atoms with Crippen molar-refractivity contribution in [2.45, 2.75) is 13.8 Å². The predicted octanol–water partition coefficient (Wildman–Crippen LogP) is 2.72. The van der Waals surface area contributed by atoms with Crippen LogP contribution in [-0.4, -0.2) is 11.8 Å². The molecule has 1 aromatic carbocycles. The molecule has 2 N–H and O–H groups in total. The van der Waals surface area contributed by atoms with Crippen molar-refractivity contribution in [3.63, 3.8) is 0 Å². The number of para-hydroxylation sites is 1. The van der Waals surface area contributed by atoms with Gasteiger partial charge in [0.1, 0.15) is 17.1 Å². The summed E-state index contributed by atoms with van der Waals surface area (Å²) < 4.78 is 10.7. The number of hydrogen-bond donors (Lipinski definition) is 2. The van der Waals surface area contributed by atoms with E-state index in [0.29, 0.717) is 22.7 Å². The summed E-state index contributed by atoms with van der Waals surface area (Å²) in [7, 11) is 0. The lowest BCUT2D eigenvalue weighted by Crippen LogP contribution is -2.41. The fourth-order valence-electron chi connectivity index (χ4n) is 2.19. The van der Waals surface area contributed by atoms with Crippen molar-refractivity contribution < 1.29 is 18.4 Å². The third-order valence-electron chi connectivity index (χ3n) is 3.22. The van der Waals surface area contributed by atoms with E-state index in [0.717, 1.165) is 5.39 Å². The van der Waals surface area contributed by atoms with Crippen molar-refractivity contribution in [1.82, 2.24) is 10.9 Å². The Morgan fingerprint density at radius 2 is 1.68 bits per heavy atom. The van der Waals surface area contributed by atoms with E-state index >= 15 is 0 Å². The molecule has 2 heterocycles. The molecule has 2 amide bonds. The minimum Gasteiger partial charge on any atom is -0.466 e. The number of furan rings is 2. The summed E-state index contributed by atoms with van der Waals surface area (Å²) in [6.45, 7) is 3.43. The normalized spacial score (nSPS) is 10.6. The van der Waals surface area contributed by atoms with Gasteiger partial charge in [-0.1, -0.05) is 18.2 Å². The van der Waals surface area contributed by atoms with Crippen molar-refractivity contribution in [3.05, 3.63) is 59.2 Å². The predicted molar refractivity (Wildman–Crippen MR) is 79.3 cm³/mol. The number of carbonyl (C=O) groups is 2. The zero-order valence-corrected chi connectivity index (χ0v) is 12.1. The van der Waals surface area contributed by atoms with Crippen LogP contribution in [0.3, 0.4) is 0 Å². The zero-order valence-electron chi connectivity index (χ0n) is 12.1. The molecule has 112 valence electrons. The molecular formula is C16H14N2O4. The Balaban J connectivity index is 1.69. The van der Waals surface area contributed by atoms with Crippen LogP contribution in [-0.2, 0) is 0 Å². The largest absolute Gasteiger partial charge is 0.466 e. The van der Waals surface area contributed by atoms with E-state index in [1.807, 2.05) is 18.2 Å². The van der Waals surface area contributed by atoms with Gasteiger partial charge in [0.2, 0.25) is 0 Å². The van der Waals surface area contributed by atoms with Crippen LogP contribution < -0.4 is 10.9 Å². The second kappa shape index (κ2) is 5.40. The van der Waals surface area contributed by atoms with Crippen molar-refractivity contribution in [1.29, 1.82) is 0 Å². The Bertz CT molecular complexity index is 827. The molecule has 0 atom stereocenters. The van der Waals surface area contributed by atoms with E-state index in [4.69, 9.17) is 8.83 Å². The second-order valence-electron chi connectivity index (χ2n) is 4.88. The smallest absolute Gasteiger partial charge is 0.305 e. The van der Waals surface area contributed by atoms with Gasteiger partial charge in [-0.25, -0.2) is 0 Å². The summed E-state index contributed by atoms with van der Waals surface area (Å²) in [5, 5.41) is 0.820. The van der Waals surface area contributed by atoms with Gasteiger partial charge < -0.3 is 8.83 Å². The monoisotopic (exact) mass is 298 g/mol. The van der Waals surface area contributed by atoms with Gasteiger partial charge in [-0.3, -0.25) is 20.4 Å². The van der Waals surface area contributed by atoms with Crippen LogP contribution in [0, 0.1) is 13.8 Å². The number of aryl methyl sites for hydroxylation is 2. The topological polar surface area (TPSA) is 84.5 Å². The highest BCUT2D eigenvalue weighted by molar-refractivity contribution is 6.00. The second-order valence-corrected chi connectivity index (χ2v) is 4.88. The first-order valence-corrected chi connectivity index (χ1v) is 6.71. The lowest BCUT2D eigenvalue weighted by molar-refractivity contribution is 0.0831. The minimum atomic E-state index is -0.526. The molecule has 3 aromatic rings. The summed E-state index contributed by atoms with van der Waals surface area (Å²) in [6.07, 6.45) is 0. The first-order chi connectivity index (χ1) is 10.5. The van der Waals surface area contributed by atoms with Gasteiger partial charge in [0.15, 0.2) is 5.76 Å². The molecule has 6 heteroatoms. The van der Waals surface area contributed by atoms with Gasteiger partial charge in [-0.15, -0.1) is 0 Å². The summed E-state index contributed by atoms with van der Waals surface area (Å²) in [5.41, 5.74) is 5.65. The van der Waals surface area contributed by atoms with E-state index in [1.165, 1.54) is 0 Å². The van der Waals surface area contributed by atoms with Crippen LogP contribution in [0.5, 0.6) is 0 Å². The highest BCUT2D eigenvalue weighted by Crippen LogP contribution is 2.18. The van der Waals surface area contributed by atoms with Crippen LogP contribution in [0.1, 0.15) is 32.4 Å². The van der Waals surface area contributed by atoms with Crippen molar-refractivity contribution in [2.75, 3.05) is 0 Å². The third-order valence-corrected chi connectivity index (χ3v) is 3.22. The number of amides is 2. The van der Waals surface area contributed by atoms with Crippen molar-refractivity contribution in [2.24, 2.45) is 0 Å². The van der Waals surface area contributed by atoms with Crippen LogP contribution in [0.15, 0.2) is 45.2 Å². The zero-order chi connectivity index (χ0) is 15.7. The average Bonchev–Trinajstić information content (AvgIpc) is 3.07. The molecule has 6 nitrogen and oxygen atoms in total. The number of fused-ring (bicyclic) bond motifs is 1. The van der Waals surface area contributed by atoms with E-state index in [2.05, 4.69) is 10.9 Å². The van der Waals surface area contributed by atoms with Gasteiger partial charge in [-0.2, -0.15) is 0 Å². The van der Waals surface area contributed by atoms with Gasteiger partial charge >= 0.3 is 5.91 Å². The SMILES string of the molecule is Cc1cc(C(=O)NNC(=O)c2cc3ccccc3o2)c(C)o1. The standard InChI is InChI=1S/C16H14N2O4/c1-9-7-12(10(2)21-9)15(19)17-18-16(20)14-8-11-5-3-4-6-13(11)22-14/h3-8H,1-2H3,(H,17,19)(H,18,20). The number of carbonyl (C=O) groups excluding carboxylic acids is 2. The molecule has 22 heavy (non-hydrogen) atoms. The molecule has 0 bridgehead atoms. The number of hydrazine groups is 1. The summed E-state index contributed by atoms with van der Waals surface area (Å²) in [6, 6.07) is 10.5. The molecule has 2 aromatic heterocycles. The van der Waals surface area contributed by atoms with Crippen LogP contribution in [0.25, 0.3) is 11.0 Å². The van der Waals surface area contributed by atoms with Gasteiger partial charge in [0, 0.05) is 5.39 Å². The van der Waals surface area contributed by atoms with Crippen molar-refractivity contribution in [3.8, 4) is 0 Å². The molecular weight excluding hydrogens is 284 g/mol. The first kappa shape index (κ1) is 13.9. The maximum absolute atomic E-state index is 12.0. The highest BCUT2D eigenvalue weighted by Gasteiger charge is 2.16. The Kier molecular flexibility index (Phi) is 3.42. The van der Waals surface area contributed by atoms with E-state index in [9.17, 15) is 9.59 Å². The highest BCUT2D eigenvalue weighted by atomic mass is 16.3. The molecule has 0 radical (unpaired) electrons. The van der Waals surface area contributed by atoms with E-state index in [1.54, 1.807) is 32.0 Å². The lowest BCUT2D eigenvalue weighted by Gasteiger charge is -2.04. The minimum absolute atomic E-state index is 0.126. The van der Waals surface area contributed by atoms with E-state index in [-0.39, 0.29) is 5.76 Å². The first-order valence-electron chi connectivity index (χ1n) is 6.71. The Morgan fingerprint density at radius 1 is 0.955 bits per heavy atom. The molecule has 0 aliphatic rings. The molecule has 0 aliphatic heterocycles. The molecule has 0 fully saturated rings. The molecule has 0 unspecified atom stereocenters. The fraction of sp³-hybridized carbons (Fsp3) is 0.125. The fourth-order valence-corrected chi connectivity index (χ4v) is 2.19. The summed E-state index contributed by atoms with van der Waals surface area (Å²) in [4.78, 5) is 24.0. The van der Waals surface area contributed by atoms with E-state index < -0.39 is 11.8 Å². The number of hydrogen-bond acceptors (Lipinski definition) is 4. The van der Waals surface area contributed by atoms with Crippen molar-refractivity contribution >= 4 is 22.8 Å². The Labute approximate surface area is 126 Å². The molecule has 0 spiro atoms. The Morgan fingerprint density at radius 3 is 2.36 bits per heavy atom. The summed E-state index contributed by atoms with van der Waals surface area (Å²) >= 11 is 0. The lowest BCUT2D eigenvalue weighted by atomic mass is 10.2. The molecule has 0 saturated carbocycles. The van der Waals surface area contributed by atoms with Gasteiger partial charge in [0.25, 0.3) is 5.91 Å². The molecule has 0 aliphatic carbocycles. The number of rotatable bonds is 2. The van der Waals surface area contributed by atoms with Gasteiger partial charge in [-0.05, 0) is 32.0 Å². The third kappa shape index (κ3) is 2.58. The maximum Gasteiger partial charge on any atom is 0.305 e. The Hall–Kier alpha value is -3.02. The van der Waals surface area contributed by atoms with Crippen LogP contribution >= 0.6 is 0 Å². The average molecular weight is 298 g/mol. The number of benzene rings is 1.